The lowest BCUT2D eigenvalue weighted by Gasteiger charge is -2.08. The Morgan fingerprint density at radius 1 is 1.62 bits per heavy atom. The van der Waals surface area contributed by atoms with E-state index in [1.807, 2.05) is 25.1 Å². The van der Waals surface area contributed by atoms with E-state index in [9.17, 15) is 4.79 Å². The van der Waals surface area contributed by atoms with Gasteiger partial charge in [0.25, 0.3) is 5.91 Å². The Bertz CT molecular complexity index is 391. The van der Waals surface area contributed by atoms with Crippen LogP contribution in [0.25, 0.3) is 0 Å². The fraction of sp³-hybridized carbons (Fsp3) is 0.250. The third kappa shape index (κ3) is 4.06. The lowest BCUT2D eigenvalue weighted by Crippen LogP contribution is -2.28. The molecular formula is C12H14BrNO2. The van der Waals surface area contributed by atoms with Crippen LogP contribution in [-0.2, 0) is 4.79 Å². The molecule has 0 bridgehead atoms. The van der Waals surface area contributed by atoms with Crippen molar-refractivity contribution >= 4 is 21.8 Å². The van der Waals surface area contributed by atoms with Gasteiger partial charge in [0, 0.05) is 11.0 Å². The number of ether oxygens (including phenoxy) is 1. The molecule has 0 radical (unpaired) electrons. The zero-order valence-electron chi connectivity index (χ0n) is 9.13. The number of hydrogen-bond acceptors (Lipinski definition) is 2. The summed E-state index contributed by atoms with van der Waals surface area (Å²) >= 11 is 3.36. The number of benzene rings is 1. The minimum Gasteiger partial charge on any atom is -0.484 e. The van der Waals surface area contributed by atoms with Gasteiger partial charge in [0.2, 0.25) is 0 Å². The fourth-order valence-corrected chi connectivity index (χ4v) is 1.63. The van der Waals surface area contributed by atoms with Gasteiger partial charge >= 0.3 is 0 Å². The molecule has 1 rings (SSSR count). The Kier molecular flexibility index (Phi) is 5.05. The van der Waals surface area contributed by atoms with Gasteiger partial charge < -0.3 is 10.1 Å². The minimum absolute atomic E-state index is 0.0241. The second kappa shape index (κ2) is 6.33. The standard InChI is InChI=1S/C12H14BrNO2/c1-3-6-14-12(15)8-16-11-5-4-10(13)7-9(11)2/h3-5,7H,1,6,8H2,2H3,(H,14,15). The van der Waals surface area contributed by atoms with Crippen molar-refractivity contribution in [2.24, 2.45) is 0 Å². The van der Waals surface area contributed by atoms with Crippen molar-refractivity contribution in [1.82, 2.24) is 5.32 Å². The molecule has 3 nitrogen and oxygen atoms in total. The number of hydrogen-bond donors (Lipinski definition) is 1. The van der Waals surface area contributed by atoms with Crippen LogP contribution in [0.5, 0.6) is 5.75 Å². The van der Waals surface area contributed by atoms with Crippen LogP contribution in [-0.4, -0.2) is 19.1 Å². The number of carbonyl (C=O) groups is 1. The first kappa shape index (κ1) is 12.8. The second-order valence-electron chi connectivity index (χ2n) is 3.29. The van der Waals surface area contributed by atoms with Gasteiger partial charge in [0.05, 0.1) is 0 Å². The van der Waals surface area contributed by atoms with Crippen molar-refractivity contribution in [1.29, 1.82) is 0 Å². The molecule has 0 atom stereocenters. The van der Waals surface area contributed by atoms with Gasteiger partial charge in [-0.05, 0) is 30.7 Å². The van der Waals surface area contributed by atoms with Gasteiger partial charge in [0.1, 0.15) is 5.75 Å². The molecule has 0 aromatic heterocycles. The molecule has 0 spiro atoms. The molecule has 0 fully saturated rings. The van der Waals surface area contributed by atoms with E-state index in [1.54, 1.807) is 6.08 Å². The van der Waals surface area contributed by atoms with Crippen molar-refractivity contribution in [3.05, 3.63) is 40.9 Å². The van der Waals surface area contributed by atoms with Crippen molar-refractivity contribution in [3.8, 4) is 5.75 Å². The summed E-state index contributed by atoms with van der Waals surface area (Å²) in [7, 11) is 0. The average molecular weight is 284 g/mol. The number of amides is 1. The summed E-state index contributed by atoms with van der Waals surface area (Å²) < 4.78 is 6.38. The molecular weight excluding hydrogens is 270 g/mol. The van der Waals surface area contributed by atoms with E-state index in [-0.39, 0.29) is 12.5 Å². The van der Waals surface area contributed by atoms with Gasteiger partial charge in [-0.2, -0.15) is 0 Å². The number of carbonyl (C=O) groups excluding carboxylic acids is 1. The Balaban J connectivity index is 2.48. The maximum atomic E-state index is 11.3. The SMILES string of the molecule is C=CCNC(=O)COc1ccc(Br)cc1C. The van der Waals surface area contributed by atoms with Crippen molar-refractivity contribution < 1.29 is 9.53 Å². The van der Waals surface area contributed by atoms with Crippen LogP contribution in [0, 0.1) is 6.92 Å². The zero-order valence-corrected chi connectivity index (χ0v) is 10.7. The third-order valence-electron chi connectivity index (χ3n) is 1.94. The highest BCUT2D eigenvalue weighted by atomic mass is 79.9. The smallest absolute Gasteiger partial charge is 0.258 e. The van der Waals surface area contributed by atoms with Crippen LogP contribution in [0.3, 0.4) is 0 Å². The third-order valence-corrected chi connectivity index (χ3v) is 2.43. The first-order chi connectivity index (χ1) is 7.63. The lowest BCUT2D eigenvalue weighted by atomic mass is 10.2. The largest absolute Gasteiger partial charge is 0.484 e. The van der Waals surface area contributed by atoms with E-state index < -0.39 is 0 Å². The maximum Gasteiger partial charge on any atom is 0.258 e. The Hall–Kier alpha value is -1.29. The van der Waals surface area contributed by atoms with Crippen molar-refractivity contribution in [3.63, 3.8) is 0 Å². The molecule has 0 aliphatic heterocycles. The van der Waals surface area contributed by atoms with Gasteiger partial charge in [-0.15, -0.1) is 6.58 Å². The van der Waals surface area contributed by atoms with Gasteiger partial charge in [-0.25, -0.2) is 0 Å². The van der Waals surface area contributed by atoms with E-state index in [1.165, 1.54) is 0 Å². The molecule has 0 aliphatic carbocycles. The first-order valence-electron chi connectivity index (χ1n) is 4.90. The fourth-order valence-electron chi connectivity index (χ4n) is 1.16. The summed E-state index contributed by atoms with van der Waals surface area (Å²) in [6.45, 7) is 5.93. The first-order valence-corrected chi connectivity index (χ1v) is 5.69. The lowest BCUT2D eigenvalue weighted by molar-refractivity contribution is -0.122. The molecule has 86 valence electrons. The molecule has 0 unspecified atom stereocenters. The minimum atomic E-state index is -0.151. The van der Waals surface area contributed by atoms with E-state index in [0.717, 1.165) is 15.8 Å². The maximum absolute atomic E-state index is 11.3. The number of aryl methyl sites for hydroxylation is 1. The Labute approximate surface area is 104 Å². The highest BCUT2D eigenvalue weighted by Gasteiger charge is 2.03. The van der Waals surface area contributed by atoms with E-state index in [4.69, 9.17) is 4.74 Å². The summed E-state index contributed by atoms with van der Waals surface area (Å²) in [5, 5.41) is 2.64. The van der Waals surface area contributed by atoms with E-state index >= 15 is 0 Å². The van der Waals surface area contributed by atoms with E-state index in [2.05, 4.69) is 27.8 Å². The van der Waals surface area contributed by atoms with Crippen LogP contribution in [0.15, 0.2) is 35.3 Å². The summed E-state index contributed by atoms with van der Waals surface area (Å²) in [5.41, 5.74) is 0.992. The highest BCUT2D eigenvalue weighted by Crippen LogP contribution is 2.21. The second-order valence-corrected chi connectivity index (χ2v) is 4.21. The molecule has 0 saturated carbocycles. The summed E-state index contributed by atoms with van der Waals surface area (Å²) in [6, 6.07) is 5.65. The quantitative estimate of drug-likeness (QED) is 0.843. The normalized spacial score (nSPS) is 9.62. The van der Waals surface area contributed by atoms with Crippen LogP contribution >= 0.6 is 15.9 Å². The van der Waals surface area contributed by atoms with Crippen LogP contribution in [0.4, 0.5) is 0 Å². The molecule has 1 amide bonds. The molecule has 4 heteroatoms. The number of halogens is 1. The number of rotatable bonds is 5. The Morgan fingerprint density at radius 2 is 2.38 bits per heavy atom. The monoisotopic (exact) mass is 283 g/mol. The Morgan fingerprint density at radius 3 is 3.00 bits per heavy atom. The van der Waals surface area contributed by atoms with Gasteiger partial charge in [-0.1, -0.05) is 22.0 Å². The van der Waals surface area contributed by atoms with Crippen molar-refractivity contribution in [2.75, 3.05) is 13.2 Å². The summed E-state index contributed by atoms with van der Waals surface area (Å²) in [4.78, 5) is 11.3. The molecule has 1 aromatic rings. The summed E-state index contributed by atoms with van der Waals surface area (Å²) in [6.07, 6.45) is 1.63. The van der Waals surface area contributed by atoms with Gasteiger partial charge in [0.15, 0.2) is 6.61 Å². The summed E-state index contributed by atoms with van der Waals surface area (Å²) in [5.74, 6) is 0.569. The van der Waals surface area contributed by atoms with Crippen molar-refractivity contribution in [2.45, 2.75) is 6.92 Å². The molecule has 16 heavy (non-hydrogen) atoms. The predicted octanol–water partition coefficient (Wildman–Crippen LogP) is 2.44. The predicted molar refractivity (Wildman–Crippen MR) is 67.6 cm³/mol. The molecule has 1 N–H and O–H groups in total. The van der Waals surface area contributed by atoms with E-state index in [0.29, 0.717) is 6.54 Å². The van der Waals surface area contributed by atoms with Crippen LogP contribution in [0.2, 0.25) is 0 Å². The van der Waals surface area contributed by atoms with Crippen LogP contribution in [0.1, 0.15) is 5.56 Å². The highest BCUT2D eigenvalue weighted by molar-refractivity contribution is 9.10. The van der Waals surface area contributed by atoms with Crippen LogP contribution < -0.4 is 10.1 Å². The molecule has 0 aliphatic rings. The zero-order chi connectivity index (χ0) is 12.0. The molecule has 0 heterocycles. The molecule has 1 aromatic carbocycles. The average Bonchev–Trinajstić information content (AvgIpc) is 2.25. The number of nitrogens with one attached hydrogen (secondary N) is 1. The molecule has 0 saturated heterocycles. The van der Waals surface area contributed by atoms with Gasteiger partial charge in [-0.3, -0.25) is 4.79 Å². The topological polar surface area (TPSA) is 38.3 Å².